The van der Waals surface area contributed by atoms with E-state index < -0.39 is 0 Å². The number of halogens is 1. The van der Waals surface area contributed by atoms with Crippen molar-refractivity contribution in [1.82, 2.24) is 19.2 Å². The van der Waals surface area contributed by atoms with Crippen LogP contribution in [0.4, 0.5) is 0 Å². The van der Waals surface area contributed by atoms with Crippen molar-refractivity contribution in [3.8, 4) is 22.5 Å². The molecular weight excluding hydrogens is 428 g/mol. The first-order valence-electron chi connectivity index (χ1n) is 10.2. The molecule has 2 heterocycles. The van der Waals surface area contributed by atoms with Crippen LogP contribution in [0.25, 0.3) is 22.4 Å². The Morgan fingerprint density at radius 3 is 2.61 bits per heavy atom. The standard InChI is InChI=1S/C24H26N4OS.ClH/c1-5-28(4)13-12-19-14-17(3)22(15-16(19)2)29-24-26-23(27-30-24)21-11-10-18-8-6-7-9-20(18)25-21;/h6-11,14-15H,5,12-13H2,1-4H3;1H. The van der Waals surface area contributed by atoms with Crippen molar-refractivity contribution >= 4 is 34.8 Å². The molecule has 0 radical (unpaired) electrons. The van der Waals surface area contributed by atoms with Gasteiger partial charge in [0.25, 0.3) is 5.19 Å². The van der Waals surface area contributed by atoms with E-state index in [1.54, 1.807) is 0 Å². The number of hydrogen-bond donors (Lipinski definition) is 0. The zero-order valence-corrected chi connectivity index (χ0v) is 19.9. The summed E-state index contributed by atoms with van der Waals surface area (Å²) < 4.78 is 10.5. The van der Waals surface area contributed by atoms with Crippen molar-refractivity contribution in [2.75, 3.05) is 20.1 Å². The molecule has 0 aliphatic carbocycles. The van der Waals surface area contributed by atoms with Crippen LogP contribution < -0.4 is 4.74 Å². The van der Waals surface area contributed by atoms with Gasteiger partial charge in [0.1, 0.15) is 11.4 Å². The maximum absolute atomic E-state index is 6.09. The second kappa shape index (κ2) is 10.2. The highest BCUT2D eigenvalue weighted by atomic mass is 35.5. The summed E-state index contributed by atoms with van der Waals surface area (Å²) in [6.07, 6.45) is 1.04. The molecule has 0 aliphatic heterocycles. The first kappa shape index (κ1) is 23.1. The molecule has 162 valence electrons. The van der Waals surface area contributed by atoms with Crippen LogP contribution in [-0.2, 0) is 6.42 Å². The second-order valence-electron chi connectivity index (χ2n) is 7.57. The zero-order chi connectivity index (χ0) is 21.1. The molecule has 31 heavy (non-hydrogen) atoms. The lowest BCUT2D eigenvalue weighted by Gasteiger charge is -2.16. The molecule has 2 aromatic heterocycles. The average Bonchev–Trinajstić information content (AvgIpc) is 3.23. The Hall–Kier alpha value is -2.54. The maximum atomic E-state index is 6.09. The number of likely N-dealkylation sites (N-methyl/N-ethyl adjacent to an activating group) is 1. The molecule has 4 aromatic rings. The zero-order valence-electron chi connectivity index (χ0n) is 18.3. The molecule has 2 aromatic carbocycles. The summed E-state index contributed by atoms with van der Waals surface area (Å²) in [7, 11) is 2.15. The Morgan fingerprint density at radius 2 is 1.81 bits per heavy atom. The van der Waals surface area contributed by atoms with Gasteiger partial charge in [-0.2, -0.15) is 9.36 Å². The minimum absolute atomic E-state index is 0. The molecule has 0 bridgehead atoms. The highest BCUT2D eigenvalue weighted by Gasteiger charge is 2.13. The Labute approximate surface area is 193 Å². The van der Waals surface area contributed by atoms with Gasteiger partial charge in [-0.05, 0) is 68.8 Å². The van der Waals surface area contributed by atoms with Crippen LogP contribution in [0.15, 0.2) is 48.5 Å². The molecule has 0 N–H and O–H groups in total. The highest BCUT2D eigenvalue weighted by Crippen LogP contribution is 2.31. The summed E-state index contributed by atoms with van der Waals surface area (Å²) in [5, 5.41) is 1.63. The van der Waals surface area contributed by atoms with Gasteiger partial charge in [0.15, 0.2) is 5.82 Å². The smallest absolute Gasteiger partial charge is 0.299 e. The molecule has 5 nitrogen and oxygen atoms in total. The van der Waals surface area contributed by atoms with Crippen molar-refractivity contribution < 1.29 is 4.74 Å². The predicted molar refractivity (Wildman–Crippen MR) is 131 cm³/mol. The van der Waals surface area contributed by atoms with Crippen molar-refractivity contribution in [2.45, 2.75) is 27.2 Å². The van der Waals surface area contributed by atoms with Crippen molar-refractivity contribution in [2.24, 2.45) is 0 Å². The number of pyridine rings is 1. The van der Waals surface area contributed by atoms with E-state index in [9.17, 15) is 0 Å². The average molecular weight is 455 g/mol. The lowest BCUT2D eigenvalue weighted by molar-refractivity contribution is 0.357. The molecule has 0 aliphatic rings. The number of aromatic nitrogens is 3. The number of para-hydroxylation sites is 1. The molecule has 0 saturated carbocycles. The summed E-state index contributed by atoms with van der Waals surface area (Å²) >= 11 is 1.25. The predicted octanol–water partition coefficient (Wildman–Crippen LogP) is 6.08. The van der Waals surface area contributed by atoms with Crippen molar-refractivity contribution in [1.29, 1.82) is 0 Å². The summed E-state index contributed by atoms with van der Waals surface area (Å²) in [5.74, 6) is 1.42. The van der Waals surface area contributed by atoms with E-state index in [4.69, 9.17) is 4.74 Å². The highest BCUT2D eigenvalue weighted by molar-refractivity contribution is 7.07. The number of aryl methyl sites for hydroxylation is 2. The van der Waals surface area contributed by atoms with E-state index in [0.717, 1.165) is 47.4 Å². The van der Waals surface area contributed by atoms with E-state index in [2.05, 4.69) is 59.2 Å². The molecule has 0 atom stereocenters. The normalized spacial score (nSPS) is 11.0. The topological polar surface area (TPSA) is 51.1 Å². The van der Waals surface area contributed by atoms with Crippen LogP contribution in [0.2, 0.25) is 0 Å². The van der Waals surface area contributed by atoms with E-state index in [0.29, 0.717) is 11.0 Å². The van der Waals surface area contributed by atoms with Crippen molar-refractivity contribution in [3.05, 3.63) is 65.2 Å². The molecule has 7 heteroatoms. The van der Waals surface area contributed by atoms with Crippen LogP contribution >= 0.6 is 23.9 Å². The van der Waals surface area contributed by atoms with E-state index in [1.807, 2.05) is 36.4 Å². The third-order valence-electron chi connectivity index (χ3n) is 5.37. The van der Waals surface area contributed by atoms with Gasteiger partial charge in [-0.15, -0.1) is 12.4 Å². The molecule has 0 amide bonds. The number of fused-ring (bicyclic) bond motifs is 1. The summed E-state index contributed by atoms with van der Waals surface area (Å²) in [4.78, 5) is 11.6. The Balaban J connectivity index is 0.00000272. The monoisotopic (exact) mass is 454 g/mol. The Kier molecular flexibility index (Phi) is 7.59. The lowest BCUT2D eigenvalue weighted by atomic mass is 10.0. The van der Waals surface area contributed by atoms with Crippen LogP contribution in [0.3, 0.4) is 0 Å². The quantitative estimate of drug-likeness (QED) is 0.338. The van der Waals surface area contributed by atoms with Gasteiger partial charge < -0.3 is 9.64 Å². The van der Waals surface area contributed by atoms with Gasteiger partial charge in [-0.3, -0.25) is 0 Å². The molecular formula is C24H27ClN4OS. The molecule has 4 rings (SSSR count). The van der Waals surface area contributed by atoms with Gasteiger partial charge >= 0.3 is 0 Å². The fraction of sp³-hybridized carbons (Fsp3) is 0.292. The first-order valence-corrected chi connectivity index (χ1v) is 11.0. The third kappa shape index (κ3) is 5.39. The number of ether oxygens (including phenoxy) is 1. The number of hydrogen-bond acceptors (Lipinski definition) is 6. The molecule has 0 unspecified atom stereocenters. The van der Waals surface area contributed by atoms with Crippen LogP contribution in [0.1, 0.15) is 23.6 Å². The summed E-state index contributed by atoms with van der Waals surface area (Å²) in [6, 6.07) is 16.4. The lowest BCUT2D eigenvalue weighted by Crippen LogP contribution is -2.20. The van der Waals surface area contributed by atoms with E-state index >= 15 is 0 Å². The third-order valence-corrected chi connectivity index (χ3v) is 5.96. The molecule has 0 fully saturated rings. The molecule has 0 spiro atoms. The Bertz CT molecular complexity index is 1180. The number of rotatable bonds is 7. The Morgan fingerprint density at radius 1 is 1.00 bits per heavy atom. The summed E-state index contributed by atoms with van der Waals surface area (Å²) in [6.45, 7) is 8.51. The van der Waals surface area contributed by atoms with E-state index in [1.165, 1.54) is 22.7 Å². The maximum Gasteiger partial charge on any atom is 0.299 e. The minimum Gasteiger partial charge on any atom is -0.430 e. The second-order valence-corrected chi connectivity index (χ2v) is 8.28. The van der Waals surface area contributed by atoms with Crippen LogP contribution in [0.5, 0.6) is 10.9 Å². The van der Waals surface area contributed by atoms with Gasteiger partial charge in [0.2, 0.25) is 0 Å². The van der Waals surface area contributed by atoms with Gasteiger partial charge in [-0.1, -0.05) is 37.3 Å². The van der Waals surface area contributed by atoms with Crippen molar-refractivity contribution in [3.63, 3.8) is 0 Å². The first-order chi connectivity index (χ1) is 14.5. The van der Waals surface area contributed by atoms with Gasteiger partial charge in [0.05, 0.1) is 5.52 Å². The summed E-state index contributed by atoms with van der Waals surface area (Å²) in [5.41, 5.74) is 5.39. The SMILES string of the molecule is CCN(C)CCc1cc(C)c(Oc2nc(-c3ccc4ccccc4n3)ns2)cc1C.Cl. The largest absolute Gasteiger partial charge is 0.430 e. The van der Waals surface area contributed by atoms with Gasteiger partial charge in [0, 0.05) is 23.5 Å². The van der Waals surface area contributed by atoms with Crippen LogP contribution in [0, 0.1) is 13.8 Å². The number of benzene rings is 2. The fourth-order valence-electron chi connectivity index (χ4n) is 3.34. The minimum atomic E-state index is 0. The fourth-order valence-corrected chi connectivity index (χ4v) is 3.89. The van der Waals surface area contributed by atoms with E-state index in [-0.39, 0.29) is 12.4 Å². The van der Waals surface area contributed by atoms with Crippen LogP contribution in [-0.4, -0.2) is 39.4 Å². The number of nitrogens with zero attached hydrogens (tertiary/aromatic N) is 4. The van der Waals surface area contributed by atoms with Gasteiger partial charge in [-0.25, -0.2) is 4.98 Å². The molecule has 0 saturated heterocycles.